The average molecular weight is 585 g/mol. The van der Waals surface area contributed by atoms with Crippen LogP contribution in [0.2, 0.25) is 0 Å². The highest BCUT2D eigenvalue weighted by atomic mass is 16.4. The molecule has 16 nitrogen and oxygen atoms in total. The first kappa shape index (κ1) is 35.2. The fraction of sp³-hybridized carbons (Fsp3) is 0.720. The Morgan fingerprint density at radius 2 is 1.59 bits per heavy atom. The molecule has 1 heterocycles. The van der Waals surface area contributed by atoms with Gasteiger partial charge in [0.05, 0.1) is 25.6 Å². The smallest absolute Gasteiger partial charge is 0.326 e. The van der Waals surface area contributed by atoms with Crippen molar-refractivity contribution in [1.29, 1.82) is 0 Å². The molecular weight excluding hydrogens is 540 g/mol. The predicted octanol–water partition coefficient (Wildman–Crippen LogP) is -3.36. The van der Waals surface area contributed by atoms with Crippen molar-refractivity contribution in [2.24, 2.45) is 23.1 Å². The van der Waals surface area contributed by atoms with Gasteiger partial charge in [-0.15, -0.1) is 0 Å². The second-order valence-corrected chi connectivity index (χ2v) is 10.4. The molecule has 1 saturated heterocycles. The van der Waals surface area contributed by atoms with Gasteiger partial charge in [-0.3, -0.25) is 28.8 Å². The number of carboxylic acid groups (broad SMARTS) is 1. The van der Waals surface area contributed by atoms with E-state index in [2.05, 4.69) is 21.3 Å². The zero-order valence-corrected chi connectivity index (χ0v) is 23.6. The van der Waals surface area contributed by atoms with Crippen LogP contribution in [0.15, 0.2) is 0 Å². The van der Waals surface area contributed by atoms with E-state index in [1.54, 1.807) is 0 Å². The molecule has 4 atom stereocenters. The molecule has 0 radical (unpaired) electrons. The number of carbonyl (C=O) groups excluding carboxylic acids is 6. The van der Waals surface area contributed by atoms with Gasteiger partial charge in [-0.1, -0.05) is 13.8 Å². The molecule has 1 rings (SSSR count). The molecule has 1 aliphatic rings. The molecule has 232 valence electrons. The molecular formula is C25H44N8O8. The van der Waals surface area contributed by atoms with Crippen LogP contribution in [0.25, 0.3) is 0 Å². The first-order valence-electron chi connectivity index (χ1n) is 13.7. The van der Waals surface area contributed by atoms with E-state index in [9.17, 15) is 38.7 Å². The van der Waals surface area contributed by atoms with E-state index < -0.39 is 85.1 Å². The average Bonchev–Trinajstić information content (AvgIpc) is 3.39. The van der Waals surface area contributed by atoms with Gasteiger partial charge in [-0.2, -0.15) is 0 Å². The Kier molecular flexibility index (Phi) is 15.3. The monoisotopic (exact) mass is 584 g/mol. The minimum atomic E-state index is -1.45. The Hall–Kier alpha value is -3.79. The maximum absolute atomic E-state index is 13.0. The summed E-state index contributed by atoms with van der Waals surface area (Å²) in [5, 5.41) is 18.8. The fourth-order valence-corrected chi connectivity index (χ4v) is 4.29. The lowest BCUT2D eigenvalue weighted by Crippen LogP contribution is -2.57. The van der Waals surface area contributed by atoms with E-state index in [1.807, 2.05) is 13.8 Å². The summed E-state index contributed by atoms with van der Waals surface area (Å²) in [7, 11) is 0. The summed E-state index contributed by atoms with van der Waals surface area (Å²) < 4.78 is 0. The molecule has 11 N–H and O–H groups in total. The van der Waals surface area contributed by atoms with Gasteiger partial charge in [-0.05, 0) is 51.0 Å². The van der Waals surface area contributed by atoms with Crippen LogP contribution in [0.3, 0.4) is 0 Å². The second kappa shape index (κ2) is 17.8. The summed E-state index contributed by atoms with van der Waals surface area (Å²) in [5.74, 6) is -5.41. The number of rotatable bonds is 18. The van der Waals surface area contributed by atoms with Gasteiger partial charge in [0.25, 0.3) is 0 Å². The summed E-state index contributed by atoms with van der Waals surface area (Å²) in [6.45, 7) is 3.35. The third kappa shape index (κ3) is 12.9. The number of primary amides is 1. The van der Waals surface area contributed by atoms with E-state index in [1.165, 1.54) is 0 Å². The normalized spacial score (nSPS) is 16.8. The Morgan fingerprint density at radius 1 is 0.927 bits per heavy atom. The van der Waals surface area contributed by atoms with Gasteiger partial charge in [0.15, 0.2) is 0 Å². The minimum Gasteiger partial charge on any atom is -0.480 e. The highest BCUT2D eigenvalue weighted by Gasteiger charge is 2.34. The molecule has 41 heavy (non-hydrogen) atoms. The van der Waals surface area contributed by atoms with Crippen molar-refractivity contribution in [3.63, 3.8) is 0 Å². The number of unbranched alkanes of at least 4 members (excludes halogenated alkanes) is 1. The summed E-state index contributed by atoms with van der Waals surface area (Å²) in [5.41, 5.74) is 16.7. The number of carboxylic acids is 1. The lowest BCUT2D eigenvalue weighted by atomic mass is 10.0. The first-order chi connectivity index (χ1) is 19.3. The van der Waals surface area contributed by atoms with Crippen molar-refractivity contribution >= 4 is 41.4 Å². The number of likely N-dealkylation sites (tertiary alicyclic amines) is 1. The third-order valence-corrected chi connectivity index (χ3v) is 6.40. The number of nitrogens with two attached hydrogens (primary N) is 3. The van der Waals surface area contributed by atoms with E-state index >= 15 is 0 Å². The van der Waals surface area contributed by atoms with Crippen LogP contribution in [0.4, 0.5) is 0 Å². The molecule has 6 amide bonds. The van der Waals surface area contributed by atoms with Crippen LogP contribution in [0.1, 0.15) is 58.8 Å². The van der Waals surface area contributed by atoms with Gasteiger partial charge < -0.3 is 48.5 Å². The molecule has 0 aliphatic carbocycles. The fourth-order valence-electron chi connectivity index (χ4n) is 4.29. The maximum atomic E-state index is 13.0. The molecule has 0 aromatic heterocycles. The van der Waals surface area contributed by atoms with Gasteiger partial charge in [-0.25, -0.2) is 4.79 Å². The molecule has 0 unspecified atom stereocenters. The minimum absolute atomic E-state index is 0.140. The van der Waals surface area contributed by atoms with Crippen molar-refractivity contribution < 1.29 is 38.7 Å². The van der Waals surface area contributed by atoms with Gasteiger partial charge in [0, 0.05) is 6.54 Å². The number of amides is 6. The van der Waals surface area contributed by atoms with E-state index in [0.717, 1.165) is 4.90 Å². The van der Waals surface area contributed by atoms with Crippen molar-refractivity contribution in [3.8, 4) is 0 Å². The predicted molar refractivity (Wildman–Crippen MR) is 146 cm³/mol. The highest BCUT2D eigenvalue weighted by Crippen LogP contribution is 2.17. The van der Waals surface area contributed by atoms with Gasteiger partial charge >= 0.3 is 5.97 Å². The van der Waals surface area contributed by atoms with Crippen molar-refractivity contribution in [2.75, 3.05) is 26.2 Å². The van der Waals surface area contributed by atoms with Crippen LogP contribution in [0.5, 0.6) is 0 Å². The van der Waals surface area contributed by atoms with E-state index in [0.29, 0.717) is 38.6 Å². The number of hydrogen-bond donors (Lipinski definition) is 8. The largest absolute Gasteiger partial charge is 0.480 e. The topological polar surface area (TPSA) is 269 Å². The number of nitrogens with zero attached hydrogens (tertiary/aromatic N) is 1. The Balaban J connectivity index is 2.75. The molecule has 0 spiro atoms. The Labute approximate surface area is 238 Å². The standard InChI is InChI=1S/C25H44N8O8/c1-14(2)10-15(27)22(37)31-16(6-3-4-8-26)24(39)32-17(11-19(28)34)23(38)30-12-20(35)29-13-21(36)33-9-5-7-18(33)25(40)41/h14-18H,3-13,26-27H2,1-2H3,(H2,28,34)(H,29,35)(H,30,38)(H,31,37)(H,32,39)(H,40,41)/t15-,16-,17-,18-/m0/s1. The first-order valence-corrected chi connectivity index (χ1v) is 13.7. The van der Waals surface area contributed by atoms with Crippen LogP contribution in [0, 0.1) is 5.92 Å². The van der Waals surface area contributed by atoms with Crippen molar-refractivity contribution in [2.45, 2.75) is 83.0 Å². The van der Waals surface area contributed by atoms with Gasteiger partial charge in [0.2, 0.25) is 35.4 Å². The third-order valence-electron chi connectivity index (χ3n) is 6.40. The molecule has 0 aromatic carbocycles. The summed E-state index contributed by atoms with van der Waals surface area (Å²) in [6, 6.07) is -4.32. The Morgan fingerprint density at radius 3 is 2.17 bits per heavy atom. The number of carbonyl (C=O) groups is 7. The van der Waals surface area contributed by atoms with Crippen LogP contribution in [-0.2, 0) is 33.6 Å². The van der Waals surface area contributed by atoms with Crippen LogP contribution in [-0.4, -0.2) is 102 Å². The van der Waals surface area contributed by atoms with Crippen molar-refractivity contribution in [3.05, 3.63) is 0 Å². The van der Waals surface area contributed by atoms with E-state index in [4.69, 9.17) is 17.2 Å². The number of nitrogens with one attached hydrogen (secondary N) is 4. The highest BCUT2D eigenvalue weighted by molar-refractivity contribution is 5.96. The maximum Gasteiger partial charge on any atom is 0.326 e. The van der Waals surface area contributed by atoms with Crippen LogP contribution >= 0.6 is 0 Å². The number of aliphatic carboxylic acids is 1. The lowest BCUT2D eigenvalue weighted by Gasteiger charge is -2.24. The SMILES string of the molecule is CC(C)C[C@H](N)C(=O)N[C@@H](CCCCN)C(=O)N[C@@H](CC(N)=O)C(=O)NCC(=O)NCC(=O)N1CCC[C@H]1C(=O)O. The number of hydrogen-bond acceptors (Lipinski definition) is 9. The summed E-state index contributed by atoms with van der Waals surface area (Å²) in [6.07, 6.45) is 1.92. The van der Waals surface area contributed by atoms with E-state index in [-0.39, 0.29) is 18.9 Å². The molecule has 1 aliphatic heterocycles. The molecule has 16 heteroatoms. The molecule has 0 saturated carbocycles. The summed E-state index contributed by atoms with van der Waals surface area (Å²) >= 11 is 0. The lowest BCUT2D eigenvalue weighted by molar-refractivity contribution is -0.148. The molecule has 1 fully saturated rings. The zero-order valence-electron chi connectivity index (χ0n) is 23.6. The van der Waals surface area contributed by atoms with Crippen LogP contribution < -0.4 is 38.5 Å². The molecule has 0 aromatic rings. The Bertz CT molecular complexity index is 960. The molecule has 0 bridgehead atoms. The second-order valence-electron chi connectivity index (χ2n) is 10.4. The van der Waals surface area contributed by atoms with Crippen molar-refractivity contribution in [1.82, 2.24) is 26.2 Å². The quantitative estimate of drug-likeness (QED) is 0.0741. The zero-order chi connectivity index (χ0) is 31.1. The van der Waals surface area contributed by atoms with Gasteiger partial charge in [0.1, 0.15) is 18.1 Å². The summed E-state index contributed by atoms with van der Waals surface area (Å²) in [4.78, 5) is 86.8.